The predicted octanol–water partition coefficient (Wildman–Crippen LogP) is 4.78. The van der Waals surface area contributed by atoms with Crippen LogP contribution < -0.4 is 0 Å². The van der Waals surface area contributed by atoms with Crippen molar-refractivity contribution in [1.29, 1.82) is 0 Å². The molecule has 0 radical (unpaired) electrons. The molecule has 0 rings (SSSR count). The number of carboxylic acids is 1. The summed E-state index contributed by atoms with van der Waals surface area (Å²) in [6.07, 6.45) is 12.3. The third kappa shape index (κ3) is 16.6. The summed E-state index contributed by atoms with van der Waals surface area (Å²) in [6, 6.07) is 0. The molecule has 2 heteroatoms. The second kappa shape index (κ2) is 15.6. The fourth-order valence-electron chi connectivity index (χ4n) is 1.78. The van der Waals surface area contributed by atoms with E-state index in [1.807, 2.05) is 0 Å². The van der Waals surface area contributed by atoms with Crippen LogP contribution in [0.5, 0.6) is 0 Å². The van der Waals surface area contributed by atoms with E-state index in [0.717, 1.165) is 25.7 Å². The lowest BCUT2D eigenvalue weighted by Gasteiger charge is -1.96. The number of rotatable bonds is 10. The van der Waals surface area contributed by atoms with E-state index in [4.69, 9.17) is 5.11 Å². The third-order valence-corrected chi connectivity index (χ3v) is 2.97. The average molecular weight is 276 g/mol. The second-order valence-electron chi connectivity index (χ2n) is 4.97. The van der Waals surface area contributed by atoms with E-state index in [1.165, 1.54) is 38.5 Å². The van der Waals surface area contributed by atoms with Gasteiger partial charge in [-0.15, -0.1) is 23.7 Å². The lowest BCUT2D eigenvalue weighted by molar-refractivity contribution is -0.136. The first-order valence-corrected chi connectivity index (χ1v) is 7.90. The van der Waals surface area contributed by atoms with E-state index in [-0.39, 0.29) is 6.42 Å². The van der Waals surface area contributed by atoms with Gasteiger partial charge >= 0.3 is 5.97 Å². The maximum atomic E-state index is 10.2. The highest BCUT2D eigenvalue weighted by atomic mass is 16.4. The molecule has 0 fully saturated rings. The summed E-state index contributed by atoms with van der Waals surface area (Å²) >= 11 is 0. The largest absolute Gasteiger partial charge is 0.481 e. The second-order valence-corrected chi connectivity index (χ2v) is 4.97. The zero-order chi connectivity index (χ0) is 14.9. The maximum Gasteiger partial charge on any atom is 0.304 e. The SMILES string of the molecule is CCCCCCCCC#CCCCC#CCCC(=O)O. The normalized spacial score (nSPS) is 9.25. The quantitative estimate of drug-likeness (QED) is 0.460. The van der Waals surface area contributed by atoms with Crippen LogP contribution in [0.25, 0.3) is 0 Å². The van der Waals surface area contributed by atoms with Crippen LogP contribution in [0.4, 0.5) is 0 Å². The van der Waals surface area contributed by atoms with Crippen molar-refractivity contribution in [2.45, 2.75) is 84.0 Å². The van der Waals surface area contributed by atoms with Gasteiger partial charge in [-0.05, 0) is 12.8 Å². The Morgan fingerprint density at radius 3 is 1.85 bits per heavy atom. The molecule has 0 unspecified atom stereocenters. The van der Waals surface area contributed by atoms with Gasteiger partial charge in [0.1, 0.15) is 0 Å². The van der Waals surface area contributed by atoms with E-state index in [0.29, 0.717) is 6.42 Å². The molecule has 0 aliphatic carbocycles. The molecular formula is C18H28O2. The van der Waals surface area contributed by atoms with Gasteiger partial charge in [0.25, 0.3) is 0 Å². The first-order chi connectivity index (χ1) is 9.77. The predicted molar refractivity (Wildman–Crippen MR) is 84.3 cm³/mol. The molecule has 0 aromatic heterocycles. The molecule has 0 aromatic carbocycles. The molecule has 112 valence electrons. The Labute approximate surface area is 124 Å². The van der Waals surface area contributed by atoms with Crippen molar-refractivity contribution in [2.75, 3.05) is 0 Å². The van der Waals surface area contributed by atoms with Gasteiger partial charge in [0.05, 0.1) is 6.42 Å². The Bertz CT molecular complexity index is 349. The Kier molecular flexibility index (Phi) is 14.5. The van der Waals surface area contributed by atoms with Gasteiger partial charge in [-0.1, -0.05) is 39.0 Å². The maximum absolute atomic E-state index is 10.2. The van der Waals surface area contributed by atoms with E-state index >= 15 is 0 Å². The van der Waals surface area contributed by atoms with Gasteiger partial charge in [0.15, 0.2) is 0 Å². The molecule has 0 atom stereocenters. The van der Waals surface area contributed by atoms with Crippen LogP contribution in [-0.2, 0) is 4.79 Å². The first kappa shape index (κ1) is 18.6. The van der Waals surface area contributed by atoms with Crippen molar-refractivity contribution in [3.05, 3.63) is 0 Å². The van der Waals surface area contributed by atoms with Crippen LogP contribution in [0.3, 0.4) is 0 Å². The highest BCUT2D eigenvalue weighted by Gasteiger charge is 1.91. The van der Waals surface area contributed by atoms with Crippen molar-refractivity contribution < 1.29 is 9.90 Å². The Morgan fingerprint density at radius 2 is 1.25 bits per heavy atom. The van der Waals surface area contributed by atoms with Crippen LogP contribution in [0, 0.1) is 23.7 Å². The molecule has 0 aromatic rings. The average Bonchev–Trinajstić information content (AvgIpc) is 2.43. The van der Waals surface area contributed by atoms with Gasteiger partial charge in [-0.3, -0.25) is 4.79 Å². The molecule has 0 aliphatic heterocycles. The number of aliphatic carboxylic acids is 1. The summed E-state index contributed by atoms with van der Waals surface area (Å²) in [6.45, 7) is 2.24. The van der Waals surface area contributed by atoms with Crippen LogP contribution in [-0.4, -0.2) is 11.1 Å². The lowest BCUT2D eigenvalue weighted by atomic mass is 10.1. The number of hydrogen-bond acceptors (Lipinski definition) is 1. The number of carbonyl (C=O) groups is 1. The molecule has 1 N–H and O–H groups in total. The van der Waals surface area contributed by atoms with Crippen molar-refractivity contribution >= 4 is 5.97 Å². The Balaban J connectivity index is 3.26. The lowest BCUT2D eigenvalue weighted by Crippen LogP contribution is -1.91. The Morgan fingerprint density at radius 1 is 0.750 bits per heavy atom. The summed E-state index contributed by atoms with van der Waals surface area (Å²) in [5.74, 6) is 11.5. The molecule has 0 heterocycles. The van der Waals surface area contributed by atoms with Gasteiger partial charge in [0, 0.05) is 25.7 Å². The topological polar surface area (TPSA) is 37.3 Å². The minimum Gasteiger partial charge on any atom is -0.481 e. The molecule has 0 saturated carbocycles. The molecule has 2 nitrogen and oxygen atoms in total. The summed E-state index contributed by atoms with van der Waals surface area (Å²) in [5, 5.41) is 8.43. The zero-order valence-electron chi connectivity index (χ0n) is 12.8. The summed E-state index contributed by atoms with van der Waals surface area (Å²) < 4.78 is 0. The van der Waals surface area contributed by atoms with Gasteiger partial charge in [-0.2, -0.15) is 0 Å². The van der Waals surface area contributed by atoms with Crippen LogP contribution >= 0.6 is 0 Å². The van der Waals surface area contributed by atoms with Crippen LogP contribution in [0.2, 0.25) is 0 Å². The summed E-state index contributed by atoms with van der Waals surface area (Å²) in [7, 11) is 0. The van der Waals surface area contributed by atoms with Crippen molar-refractivity contribution in [2.24, 2.45) is 0 Å². The summed E-state index contributed by atoms with van der Waals surface area (Å²) in [5.41, 5.74) is 0. The third-order valence-electron chi connectivity index (χ3n) is 2.97. The smallest absolute Gasteiger partial charge is 0.304 e. The van der Waals surface area contributed by atoms with Crippen LogP contribution in [0.1, 0.15) is 84.0 Å². The van der Waals surface area contributed by atoms with E-state index in [1.54, 1.807) is 0 Å². The molecule has 0 bridgehead atoms. The number of unbranched alkanes of at least 4 members (excludes halogenated alkanes) is 8. The zero-order valence-corrected chi connectivity index (χ0v) is 12.8. The Hall–Kier alpha value is -1.41. The van der Waals surface area contributed by atoms with Crippen molar-refractivity contribution in [3.8, 4) is 23.7 Å². The number of carboxylic acid groups (broad SMARTS) is 1. The van der Waals surface area contributed by atoms with Crippen LogP contribution in [0.15, 0.2) is 0 Å². The van der Waals surface area contributed by atoms with E-state index < -0.39 is 5.97 Å². The minimum absolute atomic E-state index is 0.144. The van der Waals surface area contributed by atoms with E-state index in [9.17, 15) is 4.79 Å². The highest BCUT2D eigenvalue weighted by molar-refractivity contribution is 5.66. The molecule has 0 saturated heterocycles. The molecule has 20 heavy (non-hydrogen) atoms. The fourth-order valence-corrected chi connectivity index (χ4v) is 1.78. The molecule has 0 spiro atoms. The van der Waals surface area contributed by atoms with Crippen molar-refractivity contribution in [3.63, 3.8) is 0 Å². The monoisotopic (exact) mass is 276 g/mol. The van der Waals surface area contributed by atoms with Gasteiger partial charge < -0.3 is 5.11 Å². The fraction of sp³-hybridized carbons (Fsp3) is 0.722. The van der Waals surface area contributed by atoms with Gasteiger partial charge in [-0.25, -0.2) is 0 Å². The first-order valence-electron chi connectivity index (χ1n) is 7.90. The van der Waals surface area contributed by atoms with E-state index in [2.05, 4.69) is 30.6 Å². The highest BCUT2D eigenvalue weighted by Crippen LogP contribution is 2.06. The number of hydrogen-bond donors (Lipinski definition) is 1. The van der Waals surface area contributed by atoms with Gasteiger partial charge in [0.2, 0.25) is 0 Å². The van der Waals surface area contributed by atoms with Crippen molar-refractivity contribution in [1.82, 2.24) is 0 Å². The standard InChI is InChI=1S/C18H28O2/c1-2-3-4-5-6-7-8-9-10-11-12-13-14-15-16-17-18(19)20/h2-8,11-13,16-17H2,1H3,(H,19,20). The minimum atomic E-state index is -0.778. The summed E-state index contributed by atoms with van der Waals surface area (Å²) in [4.78, 5) is 10.2. The molecule has 0 aliphatic rings. The molecular weight excluding hydrogens is 248 g/mol. The molecule has 0 amide bonds.